The topological polar surface area (TPSA) is 51.8 Å². The molecule has 2 N–H and O–H groups in total. The summed E-state index contributed by atoms with van der Waals surface area (Å²) in [4.78, 5) is 0. The number of hydrogen-bond donors (Lipinski definition) is 2. The summed E-state index contributed by atoms with van der Waals surface area (Å²) in [6, 6.07) is 5.36. The van der Waals surface area contributed by atoms with E-state index >= 15 is 0 Å². The van der Waals surface area contributed by atoms with Crippen molar-refractivity contribution in [3.05, 3.63) is 24.3 Å². The summed E-state index contributed by atoms with van der Waals surface area (Å²) in [5.74, 6) is -0.277. The molecule has 1 atom stereocenters. The molecule has 0 aromatic heterocycles. The van der Waals surface area contributed by atoms with Gasteiger partial charge >= 0.3 is 6.36 Å². The molecule has 0 unspecified atom stereocenters. The van der Waals surface area contributed by atoms with E-state index in [-0.39, 0.29) is 11.9 Å². The minimum atomic E-state index is -4.70. The number of rotatable bonds is 8. The van der Waals surface area contributed by atoms with Gasteiger partial charge < -0.3 is 24.8 Å². The van der Waals surface area contributed by atoms with Gasteiger partial charge in [0.15, 0.2) is 5.11 Å². The standard InChI is InChI=1S/C16H21F3N2O3S/c17-16(18,19)24-13-6-4-12(5-7-13)21-15(25)20-8-2-9-22-11-14-3-1-10-23-14/h4-7,14H,1-3,8-11H2,(H2,20,21,25)/t14-/m1/s1. The first-order valence-electron chi connectivity index (χ1n) is 8.02. The maximum absolute atomic E-state index is 12.1. The largest absolute Gasteiger partial charge is 0.573 e. The monoisotopic (exact) mass is 378 g/mol. The van der Waals surface area contributed by atoms with Crippen molar-refractivity contribution in [3.8, 4) is 5.75 Å². The Bertz CT molecular complexity index is 534. The van der Waals surface area contributed by atoms with E-state index in [2.05, 4.69) is 15.4 Å². The third-order valence-corrected chi connectivity index (χ3v) is 3.67. The van der Waals surface area contributed by atoms with Crippen molar-refractivity contribution in [2.45, 2.75) is 31.7 Å². The fourth-order valence-corrected chi connectivity index (χ4v) is 2.50. The Morgan fingerprint density at radius 1 is 1.28 bits per heavy atom. The molecule has 1 heterocycles. The summed E-state index contributed by atoms with van der Waals surface area (Å²) in [6.07, 6.45) is -1.54. The van der Waals surface area contributed by atoms with E-state index in [1.165, 1.54) is 24.3 Å². The van der Waals surface area contributed by atoms with Crippen LogP contribution in [0.25, 0.3) is 0 Å². The van der Waals surface area contributed by atoms with Crippen LogP contribution in [-0.4, -0.2) is 43.9 Å². The Balaban J connectivity index is 1.56. The van der Waals surface area contributed by atoms with Gasteiger partial charge in [-0.2, -0.15) is 0 Å². The lowest BCUT2D eigenvalue weighted by molar-refractivity contribution is -0.274. The molecule has 2 rings (SSSR count). The van der Waals surface area contributed by atoms with Gasteiger partial charge in [-0.05, 0) is 55.7 Å². The van der Waals surface area contributed by atoms with E-state index in [4.69, 9.17) is 21.7 Å². The summed E-state index contributed by atoms with van der Waals surface area (Å²) < 4.78 is 51.0. The molecule has 1 aromatic carbocycles. The van der Waals surface area contributed by atoms with E-state index in [1.54, 1.807) is 0 Å². The quantitative estimate of drug-likeness (QED) is 0.534. The third-order valence-electron chi connectivity index (χ3n) is 3.42. The zero-order valence-electron chi connectivity index (χ0n) is 13.6. The normalized spacial score (nSPS) is 17.3. The van der Waals surface area contributed by atoms with Crippen LogP contribution in [0.5, 0.6) is 5.75 Å². The second kappa shape index (κ2) is 9.79. The van der Waals surface area contributed by atoms with E-state index in [1.807, 2.05) is 0 Å². The highest BCUT2D eigenvalue weighted by atomic mass is 32.1. The molecule has 1 saturated heterocycles. The summed E-state index contributed by atoms with van der Waals surface area (Å²) >= 11 is 5.13. The summed E-state index contributed by atoms with van der Waals surface area (Å²) in [5.41, 5.74) is 0.571. The zero-order chi connectivity index (χ0) is 18.1. The minimum Gasteiger partial charge on any atom is -0.406 e. The molecular formula is C16H21F3N2O3S. The van der Waals surface area contributed by atoms with Crippen LogP contribution in [0.15, 0.2) is 24.3 Å². The van der Waals surface area contributed by atoms with Crippen molar-refractivity contribution in [2.75, 3.05) is 31.7 Å². The minimum absolute atomic E-state index is 0.222. The van der Waals surface area contributed by atoms with Crippen LogP contribution >= 0.6 is 12.2 Å². The first kappa shape index (κ1) is 19.7. The van der Waals surface area contributed by atoms with Crippen LogP contribution in [0.4, 0.5) is 18.9 Å². The van der Waals surface area contributed by atoms with Gasteiger partial charge in [-0.1, -0.05) is 0 Å². The van der Waals surface area contributed by atoms with Crippen molar-refractivity contribution in [2.24, 2.45) is 0 Å². The molecule has 0 aliphatic carbocycles. The predicted molar refractivity (Wildman–Crippen MR) is 91.8 cm³/mol. The molecule has 0 spiro atoms. The number of benzene rings is 1. The number of nitrogens with one attached hydrogen (secondary N) is 2. The van der Waals surface area contributed by atoms with Crippen LogP contribution in [0, 0.1) is 0 Å². The molecule has 140 valence electrons. The van der Waals surface area contributed by atoms with Gasteiger partial charge in [-0.25, -0.2) is 0 Å². The highest BCUT2D eigenvalue weighted by Gasteiger charge is 2.30. The second-order valence-electron chi connectivity index (χ2n) is 5.52. The highest BCUT2D eigenvalue weighted by Crippen LogP contribution is 2.23. The van der Waals surface area contributed by atoms with Crippen molar-refractivity contribution in [1.82, 2.24) is 5.32 Å². The number of halogens is 3. The Kier molecular flexibility index (Phi) is 7.73. The first-order chi connectivity index (χ1) is 11.9. The number of alkyl halides is 3. The fourth-order valence-electron chi connectivity index (χ4n) is 2.28. The molecule has 1 aliphatic heterocycles. The van der Waals surface area contributed by atoms with Gasteiger partial charge in [-0.3, -0.25) is 0 Å². The van der Waals surface area contributed by atoms with Crippen LogP contribution in [-0.2, 0) is 9.47 Å². The lowest BCUT2D eigenvalue weighted by Gasteiger charge is -2.13. The summed E-state index contributed by atoms with van der Waals surface area (Å²) in [7, 11) is 0. The Labute approximate surface area is 149 Å². The molecular weight excluding hydrogens is 357 g/mol. The van der Waals surface area contributed by atoms with E-state index < -0.39 is 6.36 Å². The fraction of sp³-hybridized carbons (Fsp3) is 0.562. The van der Waals surface area contributed by atoms with Crippen LogP contribution in [0.2, 0.25) is 0 Å². The Morgan fingerprint density at radius 3 is 2.68 bits per heavy atom. The Hall–Kier alpha value is -1.58. The molecule has 0 saturated carbocycles. The molecule has 1 aliphatic rings. The smallest absolute Gasteiger partial charge is 0.406 e. The average Bonchev–Trinajstić information content (AvgIpc) is 3.04. The average molecular weight is 378 g/mol. The molecule has 25 heavy (non-hydrogen) atoms. The molecule has 9 heteroatoms. The lowest BCUT2D eigenvalue weighted by Crippen LogP contribution is -2.30. The maximum Gasteiger partial charge on any atom is 0.573 e. The number of hydrogen-bond acceptors (Lipinski definition) is 4. The van der Waals surface area contributed by atoms with Crippen molar-refractivity contribution in [1.29, 1.82) is 0 Å². The molecule has 1 fully saturated rings. The number of ether oxygens (including phenoxy) is 3. The molecule has 0 amide bonds. The van der Waals surface area contributed by atoms with E-state index in [0.717, 1.165) is 25.9 Å². The van der Waals surface area contributed by atoms with E-state index in [9.17, 15) is 13.2 Å². The third kappa shape index (κ3) is 8.37. The van der Waals surface area contributed by atoms with Gasteiger partial charge in [0.2, 0.25) is 0 Å². The number of thiocarbonyl (C=S) groups is 1. The maximum atomic E-state index is 12.1. The molecule has 0 radical (unpaired) electrons. The summed E-state index contributed by atoms with van der Waals surface area (Å²) in [6.45, 7) is 2.68. The van der Waals surface area contributed by atoms with E-state index in [0.29, 0.717) is 30.6 Å². The van der Waals surface area contributed by atoms with Crippen LogP contribution in [0.3, 0.4) is 0 Å². The van der Waals surface area contributed by atoms with Gasteiger partial charge in [0, 0.05) is 25.4 Å². The van der Waals surface area contributed by atoms with Gasteiger partial charge in [0.25, 0.3) is 0 Å². The lowest BCUT2D eigenvalue weighted by atomic mass is 10.2. The number of anilines is 1. The molecule has 5 nitrogen and oxygen atoms in total. The van der Waals surface area contributed by atoms with Crippen molar-refractivity contribution >= 4 is 23.0 Å². The first-order valence-corrected chi connectivity index (χ1v) is 8.43. The highest BCUT2D eigenvalue weighted by molar-refractivity contribution is 7.80. The Morgan fingerprint density at radius 2 is 2.04 bits per heavy atom. The van der Waals surface area contributed by atoms with Crippen LogP contribution in [0.1, 0.15) is 19.3 Å². The van der Waals surface area contributed by atoms with Gasteiger partial charge in [-0.15, -0.1) is 13.2 Å². The van der Waals surface area contributed by atoms with Gasteiger partial charge in [0.05, 0.1) is 12.7 Å². The summed E-state index contributed by atoms with van der Waals surface area (Å²) in [5, 5.41) is 6.29. The van der Waals surface area contributed by atoms with Crippen LogP contribution < -0.4 is 15.4 Å². The van der Waals surface area contributed by atoms with Crippen molar-refractivity contribution in [3.63, 3.8) is 0 Å². The zero-order valence-corrected chi connectivity index (χ0v) is 14.4. The molecule has 0 bridgehead atoms. The molecule has 1 aromatic rings. The van der Waals surface area contributed by atoms with Gasteiger partial charge in [0.1, 0.15) is 5.75 Å². The van der Waals surface area contributed by atoms with Crippen molar-refractivity contribution < 1.29 is 27.4 Å². The SMILES string of the molecule is FC(F)(F)Oc1ccc(NC(=S)NCCCOC[C@H]2CCCO2)cc1. The second-order valence-corrected chi connectivity index (χ2v) is 5.92. The predicted octanol–water partition coefficient (Wildman–Crippen LogP) is 3.46.